The lowest BCUT2D eigenvalue weighted by Crippen LogP contribution is -2.50. The molecule has 0 radical (unpaired) electrons. The van der Waals surface area contributed by atoms with Gasteiger partial charge in [-0.15, -0.1) is 0 Å². The Kier molecular flexibility index (Phi) is 5.90. The first-order valence-electron chi connectivity index (χ1n) is 6.90. The minimum atomic E-state index is -0.462. The van der Waals surface area contributed by atoms with E-state index in [0.29, 0.717) is 12.2 Å². The van der Waals surface area contributed by atoms with Crippen LogP contribution in [0, 0.1) is 13.8 Å². The highest BCUT2D eigenvalue weighted by atomic mass is 16.5. The Morgan fingerprint density at radius 1 is 1.14 bits per heavy atom. The molecule has 5 nitrogen and oxygen atoms in total. The maximum Gasteiger partial charge on any atom is 0.251 e. The molecular formula is C16H24N2O3. The predicted octanol–water partition coefficient (Wildman–Crippen LogP) is 1.57. The molecule has 0 aliphatic rings. The fraction of sp³-hybridized carbons (Fsp3) is 0.500. The smallest absolute Gasteiger partial charge is 0.251 e. The molecule has 0 atom stereocenters. The molecule has 0 unspecified atom stereocenters. The molecule has 1 rings (SSSR count). The van der Waals surface area contributed by atoms with Crippen LogP contribution in [-0.2, 0) is 9.53 Å². The van der Waals surface area contributed by atoms with Crippen molar-refractivity contribution in [1.29, 1.82) is 0 Å². The number of hydrogen-bond donors (Lipinski definition) is 2. The number of carbonyl (C=O) groups is 2. The third-order valence-electron chi connectivity index (χ3n) is 2.88. The van der Waals surface area contributed by atoms with Gasteiger partial charge in [0.05, 0.1) is 18.7 Å². The van der Waals surface area contributed by atoms with Crippen LogP contribution in [0.1, 0.15) is 35.3 Å². The quantitative estimate of drug-likeness (QED) is 0.836. The molecule has 0 fully saturated rings. The Hall–Kier alpha value is -1.88. The molecule has 0 bridgehead atoms. The predicted molar refractivity (Wildman–Crippen MR) is 82.3 cm³/mol. The Morgan fingerprint density at radius 2 is 1.71 bits per heavy atom. The van der Waals surface area contributed by atoms with Gasteiger partial charge in [0.25, 0.3) is 5.91 Å². The lowest BCUT2D eigenvalue weighted by Gasteiger charge is -2.25. The van der Waals surface area contributed by atoms with Crippen molar-refractivity contribution in [2.45, 2.75) is 33.2 Å². The van der Waals surface area contributed by atoms with E-state index < -0.39 is 5.54 Å². The van der Waals surface area contributed by atoms with Crippen molar-refractivity contribution in [2.24, 2.45) is 0 Å². The summed E-state index contributed by atoms with van der Waals surface area (Å²) in [6.45, 7) is 7.94. The maximum atomic E-state index is 12.0. The van der Waals surface area contributed by atoms with Gasteiger partial charge in [0.1, 0.15) is 0 Å². The van der Waals surface area contributed by atoms with Gasteiger partial charge in [-0.1, -0.05) is 17.2 Å². The Morgan fingerprint density at radius 3 is 2.24 bits per heavy atom. The van der Waals surface area contributed by atoms with Crippen LogP contribution in [0.3, 0.4) is 0 Å². The molecule has 1 aromatic carbocycles. The molecule has 116 valence electrons. The molecule has 21 heavy (non-hydrogen) atoms. The van der Waals surface area contributed by atoms with Gasteiger partial charge >= 0.3 is 0 Å². The zero-order chi connectivity index (χ0) is 16.0. The Balaban J connectivity index is 2.55. The van der Waals surface area contributed by atoms with E-state index in [9.17, 15) is 9.59 Å². The van der Waals surface area contributed by atoms with Crippen LogP contribution in [0.25, 0.3) is 0 Å². The summed E-state index contributed by atoms with van der Waals surface area (Å²) in [5, 5.41) is 5.43. The maximum absolute atomic E-state index is 12.0. The number of carbonyl (C=O) groups excluding carboxylic acids is 2. The van der Waals surface area contributed by atoms with Crippen molar-refractivity contribution in [2.75, 3.05) is 20.3 Å². The molecule has 0 saturated carbocycles. The fourth-order valence-electron chi connectivity index (χ4n) is 2.19. The van der Waals surface area contributed by atoms with Crippen LogP contribution >= 0.6 is 0 Å². The molecule has 0 heterocycles. The second kappa shape index (κ2) is 7.22. The normalized spacial score (nSPS) is 11.1. The van der Waals surface area contributed by atoms with Crippen LogP contribution in [0.15, 0.2) is 18.2 Å². The highest BCUT2D eigenvalue weighted by Gasteiger charge is 2.20. The summed E-state index contributed by atoms with van der Waals surface area (Å²) >= 11 is 0. The Labute approximate surface area is 126 Å². The summed E-state index contributed by atoms with van der Waals surface area (Å²) in [5.74, 6) is -0.490. The molecule has 0 aliphatic carbocycles. The molecule has 2 amide bonds. The van der Waals surface area contributed by atoms with Crippen molar-refractivity contribution >= 4 is 11.8 Å². The largest absolute Gasteiger partial charge is 0.382 e. The van der Waals surface area contributed by atoms with Crippen LogP contribution in [0.4, 0.5) is 0 Å². The fourth-order valence-corrected chi connectivity index (χ4v) is 2.19. The van der Waals surface area contributed by atoms with E-state index in [1.165, 1.54) is 0 Å². The molecule has 0 aromatic heterocycles. The first-order valence-corrected chi connectivity index (χ1v) is 6.90. The molecule has 0 spiro atoms. The third-order valence-corrected chi connectivity index (χ3v) is 2.88. The average Bonchev–Trinajstić information content (AvgIpc) is 2.33. The SMILES string of the molecule is COCC(C)(C)NC(=O)CNC(=O)c1cc(C)cc(C)c1. The summed E-state index contributed by atoms with van der Waals surface area (Å²) in [6, 6.07) is 5.60. The van der Waals surface area contributed by atoms with Gasteiger partial charge in [0.2, 0.25) is 5.91 Å². The van der Waals surface area contributed by atoms with E-state index in [2.05, 4.69) is 10.6 Å². The van der Waals surface area contributed by atoms with Gasteiger partial charge in [-0.3, -0.25) is 9.59 Å². The average molecular weight is 292 g/mol. The standard InChI is InChI=1S/C16H24N2O3/c1-11-6-12(2)8-13(7-11)15(20)17-9-14(19)18-16(3,4)10-21-5/h6-8H,9-10H2,1-5H3,(H,17,20)(H,18,19). The topological polar surface area (TPSA) is 67.4 Å². The first kappa shape index (κ1) is 17.2. The van der Waals surface area contributed by atoms with Gasteiger partial charge in [0.15, 0.2) is 0 Å². The number of benzene rings is 1. The lowest BCUT2D eigenvalue weighted by molar-refractivity contribution is -0.122. The van der Waals surface area contributed by atoms with E-state index in [1.54, 1.807) is 19.2 Å². The molecule has 1 aromatic rings. The molecule has 2 N–H and O–H groups in total. The zero-order valence-electron chi connectivity index (χ0n) is 13.4. The third kappa shape index (κ3) is 5.95. The van der Waals surface area contributed by atoms with Gasteiger partial charge in [-0.25, -0.2) is 0 Å². The van der Waals surface area contributed by atoms with Gasteiger partial charge in [0, 0.05) is 12.7 Å². The summed E-state index contributed by atoms with van der Waals surface area (Å²) in [5.41, 5.74) is 2.14. The van der Waals surface area contributed by atoms with E-state index in [1.807, 2.05) is 33.8 Å². The van der Waals surface area contributed by atoms with Crippen molar-refractivity contribution in [3.8, 4) is 0 Å². The van der Waals surface area contributed by atoms with Crippen molar-refractivity contribution < 1.29 is 14.3 Å². The van der Waals surface area contributed by atoms with Crippen molar-refractivity contribution in [1.82, 2.24) is 10.6 Å². The monoisotopic (exact) mass is 292 g/mol. The minimum absolute atomic E-state index is 0.0566. The second-order valence-electron chi connectivity index (χ2n) is 5.92. The molecule has 0 aliphatic heterocycles. The number of amides is 2. The first-order chi connectivity index (χ1) is 9.73. The van der Waals surface area contributed by atoms with Gasteiger partial charge in [-0.05, 0) is 39.8 Å². The lowest BCUT2D eigenvalue weighted by atomic mass is 10.1. The number of rotatable bonds is 6. The van der Waals surface area contributed by atoms with Crippen LogP contribution in [-0.4, -0.2) is 37.6 Å². The molecule has 5 heteroatoms. The van der Waals surface area contributed by atoms with Crippen molar-refractivity contribution in [3.63, 3.8) is 0 Å². The number of hydrogen-bond acceptors (Lipinski definition) is 3. The van der Waals surface area contributed by atoms with Gasteiger partial charge < -0.3 is 15.4 Å². The van der Waals surface area contributed by atoms with Gasteiger partial charge in [-0.2, -0.15) is 0 Å². The van der Waals surface area contributed by atoms with Crippen molar-refractivity contribution in [3.05, 3.63) is 34.9 Å². The highest BCUT2D eigenvalue weighted by molar-refractivity contribution is 5.96. The minimum Gasteiger partial charge on any atom is -0.382 e. The summed E-state index contributed by atoms with van der Waals surface area (Å²) < 4.78 is 5.03. The highest BCUT2D eigenvalue weighted by Crippen LogP contribution is 2.08. The van der Waals surface area contributed by atoms with Crippen LogP contribution in [0.5, 0.6) is 0 Å². The van der Waals surface area contributed by atoms with Crippen LogP contribution < -0.4 is 10.6 Å². The molecular weight excluding hydrogens is 268 g/mol. The zero-order valence-corrected chi connectivity index (χ0v) is 13.4. The second-order valence-corrected chi connectivity index (χ2v) is 5.92. The van der Waals surface area contributed by atoms with E-state index >= 15 is 0 Å². The number of aryl methyl sites for hydroxylation is 2. The number of methoxy groups -OCH3 is 1. The Bertz CT molecular complexity index is 504. The van der Waals surface area contributed by atoms with E-state index in [-0.39, 0.29) is 18.4 Å². The summed E-state index contributed by atoms with van der Waals surface area (Å²) in [4.78, 5) is 23.9. The number of ether oxygens (including phenoxy) is 1. The summed E-state index contributed by atoms with van der Waals surface area (Å²) in [7, 11) is 1.58. The molecule has 0 saturated heterocycles. The van der Waals surface area contributed by atoms with E-state index in [4.69, 9.17) is 4.74 Å². The summed E-state index contributed by atoms with van der Waals surface area (Å²) in [6.07, 6.45) is 0. The van der Waals surface area contributed by atoms with E-state index in [0.717, 1.165) is 11.1 Å². The van der Waals surface area contributed by atoms with Crippen LogP contribution in [0.2, 0.25) is 0 Å². The number of nitrogens with one attached hydrogen (secondary N) is 2.